The number of carbonyl (C=O) groups is 3. The van der Waals surface area contributed by atoms with Gasteiger partial charge in [-0.15, -0.1) is 0 Å². The lowest BCUT2D eigenvalue weighted by Crippen LogP contribution is -2.43. The first-order chi connectivity index (χ1) is 8.90. The first kappa shape index (κ1) is 17.4. The molecule has 0 spiro atoms. The number of esters is 1. The molecule has 0 saturated heterocycles. The Labute approximate surface area is 112 Å². The molecule has 0 rings (SSSR count). The number of amides is 1. The zero-order valence-electron chi connectivity index (χ0n) is 11.3. The van der Waals surface area contributed by atoms with Crippen LogP contribution in [0.3, 0.4) is 0 Å². The van der Waals surface area contributed by atoms with E-state index in [-0.39, 0.29) is 25.3 Å². The Bertz CT molecular complexity index is 319. The number of carboxylic acids is 1. The van der Waals surface area contributed by atoms with Crippen LogP contribution >= 0.6 is 0 Å². The maximum atomic E-state index is 11.6. The summed E-state index contributed by atoms with van der Waals surface area (Å²) < 4.78 is 4.42. The van der Waals surface area contributed by atoms with Crippen LogP contribution in [0.4, 0.5) is 0 Å². The molecule has 0 aromatic heterocycles. The van der Waals surface area contributed by atoms with E-state index in [9.17, 15) is 14.4 Å². The number of carboxylic acid groups (broad SMARTS) is 1. The van der Waals surface area contributed by atoms with E-state index in [1.54, 1.807) is 0 Å². The van der Waals surface area contributed by atoms with Crippen LogP contribution in [0.25, 0.3) is 0 Å². The second-order valence-corrected chi connectivity index (χ2v) is 4.33. The van der Waals surface area contributed by atoms with Crippen molar-refractivity contribution in [3.63, 3.8) is 0 Å². The number of carbonyl (C=O) groups excluding carboxylic acids is 2. The van der Waals surface area contributed by atoms with Crippen LogP contribution in [0.5, 0.6) is 0 Å². The molecule has 4 N–H and O–H groups in total. The van der Waals surface area contributed by atoms with Gasteiger partial charge in [0.05, 0.1) is 7.11 Å². The van der Waals surface area contributed by atoms with E-state index >= 15 is 0 Å². The average molecular weight is 274 g/mol. The summed E-state index contributed by atoms with van der Waals surface area (Å²) in [5.74, 6) is -2.11. The van der Waals surface area contributed by atoms with E-state index < -0.39 is 23.9 Å². The summed E-state index contributed by atoms with van der Waals surface area (Å²) in [5, 5.41) is 11.3. The fraction of sp³-hybridized carbons (Fsp3) is 0.750. The van der Waals surface area contributed by atoms with Gasteiger partial charge in [0.15, 0.2) is 0 Å². The van der Waals surface area contributed by atoms with E-state index in [0.29, 0.717) is 6.42 Å². The summed E-state index contributed by atoms with van der Waals surface area (Å²) >= 11 is 0. The highest BCUT2D eigenvalue weighted by Crippen LogP contribution is 2.02. The third-order valence-corrected chi connectivity index (χ3v) is 2.61. The summed E-state index contributed by atoms with van der Waals surface area (Å²) in [6, 6.07) is -1.37. The van der Waals surface area contributed by atoms with Gasteiger partial charge in [-0.3, -0.25) is 9.59 Å². The second-order valence-electron chi connectivity index (χ2n) is 4.33. The molecule has 2 unspecified atom stereocenters. The number of rotatable bonds is 9. The van der Waals surface area contributed by atoms with E-state index in [1.807, 2.05) is 6.92 Å². The minimum Gasteiger partial charge on any atom is -0.480 e. The van der Waals surface area contributed by atoms with Crippen molar-refractivity contribution in [1.29, 1.82) is 0 Å². The monoisotopic (exact) mass is 274 g/mol. The topological polar surface area (TPSA) is 119 Å². The lowest BCUT2D eigenvalue weighted by molar-refractivity contribution is -0.144. The van der Waals surface area contributed by atoms with Gasteiger partial charge in [0, 0.05) is 18.9 Å². The molecule has 1 amide bonds. The Morgan fingerprint density at radius 3 is 2.42 bits per heavy atom. The van der Waals surface area contributed by atoms with Crippen molar-refractivity contribution in [2.24, 2.45) is 5.73 Å². The molecule has 110 valence electrons. The smallest absolute Gasteiger partial charge is 0.326 e. The lowest BCUT2D eigenvalue weighted by Gasteiger charge is -2.16. The third kappa shape index (κ3) is 8.15. The number of aliphatic carboxylic acids is 1. The predicted molar refractivity (Wildman–Crippen MR) is 68.3 cm³/mol. The van der Waals surface area contributed by atoms with Gasteiger partial charge in [-0.2, -0.15) is 0 Å². The van der Waals surface area contributed by atoms with E-state index in [2.05, 4.69) is 10.1 Å². The van der Waals surface area contributed by atoms with Crippen LogP contribution in [0.2, 0.25) is 0 Å². The van der Waals surface area contributed by atoms with Crippen LogP contribution in [0.1, 0.15) is 39.0 Å². The largest absolute Gasteiger partial charge is 0.480 e. The molecule has 0 saturated carbocycles. The van der Waals surface area contributed by atoms with Gasteiger partial charge in [0.2, 0.25) is 5.91 Å². The highest BCUT2D eigenvalue weighted by Gasteiger charge is 2.21. The molecule has 0 radical (unpaired) electrons. The molecule has 0 aromatic carbocycles. The summed E-state index contributed by atoms with van der Waals surface area (Å²) in [6.45, 7) is 1.95. The molecular formula is C12H22N2O5. The number of hydrogen-bond donors (Lipinski definition) is 3. The fourth-order valence-corrected chi connectivity index (χ4v) is 1.59. The molecule has 19 heavy (non-hydrogen) atoms. The van der Waals surface area contributed by atoms with Crippen molar-refractivity contribution in [2.75, 3.05) is 7.11 Å². The van der Waals surface area contributed by atoms with Crippen LogP contribution < -0.4 is 11.1 Å². The number of nitrogens with two attached hydrogens (primary N) is 1. The Kier molecular flexibility index (Phi) is 8.52. The molecule has 0 aliphatic heterocycles. The van der Waals surface area contributed by atoms with Crippen molar-refractivity contribution in [2.45, 2.75) is 51.1 Å². The Balaban J connectivity index is 4.22. The summed E-state index contributed by atoms with van der Waals surface area (Å²) in [6.07, 6.45) is 1.58. The molecule has 0 aromatic rings. The van der Waals surface area contributed by atoms with Crippen molar-refractivity contribution in [1.82, 2.24) is 5.32 Å². The highest BCUT2D eigenvalue weighted by atomic mass is 16.5. The summed E-state index contributed by atoms with van der Waals surface area (Å²) in [7, 11) is 1.22. The second kappa shape index (κ2) is 9.32. The van der Waals surface area contributed by atoms with Gasteiger partial charge < -0.3 is 20.9 Å². The van der Waals surface area contributed by atoms with Gasteiger partial charge in [0.1, 0.15) is 6.04 Å². The molecule has 0 bridgehead atoms. The molecule has 0 fully saturated rings. The van der Waals surface area contributed by atoms with E-state index in [1.165, 1.54) is 7.11 Å². The highest BCUT2D eigenvalue weighted by molar-refractivity contribution is 5.84. The third-order valence-electron chi connectivity index (χ3n) is 2.61. The normalized spacial score (nSPS) is 13.4. The number of ether oxygens (including phenoxy) is 1. The van der Waals surface area contributed by atoms with Crippen molar-refractivity contribution in [3.8, 4) is 0 Å². The van der Waals surface area contributed by atoms with E-state index in [0.717, 1.165) is 6.42 Å². The van der Waals surface area contributed by atoms with Gasteiger partial charge in [-0.1, -0.05) is 13.3 Å². The minimum atomic E-state index is -1.18. The first-order valence-corrected chi connectivity index (χ1v) is 6.25. The molecule has 0 aliphatic rings. The van der Waals surface area contributed by atoms with Crippen molar-refractivity contribution >= 4 is 17.8 Å². The van der Waals surface area contributed by atoms with Crippen molar-refractivity contribution < 1.29 is 24.2 Å². The van der Waals surface area contributed by atoms with Crippen LogP contribution in [0.15, 0.2) is 0 Å². The molecule has 0 heterocycles. The van der Waals surface area contributed by atoms with E-state index in [4.69, 9.17) is 10.8 Å². The van der Waals surface area contributed by atoms with Crippen LogP contribution in [0, 0.1) is 0 Å². The minimum absolute atomic E-state index is 0.00321. The number of methoxy groups -OCH3 is 1. The maximum Gasteiger partial charge on any atom is 0.326 e. The maximum absolute atomic E-state index is 11.6. The van der Waals surface area contributed by atoms with Crippen LogP contribution in [-0.4, -0.2) is 42.1 Å². The number of hydrogen-bond acceptors (Lipinski definition) is 5. The molecule has 2 atom stereocenters. The predicted octanol–water partition coefficient (Wildman–Crippen LogP) is 0.0265. The van der Waals surface area contributed by atoms with Gasteiger partial charge in [-0.25, -0.2) is 4.79 Å². The molecule has 0 aliphatic carbocycles. The Hall–Kier alpha value is -1.63. The fourth-order valence-electron chi connectivity index (χ4n) is 1.59. The zero-order valence-corrected chi connectivity index (χ0v) is 11.3. The molecule has 7 nitrogen and oxygen atoms in total. The molecule has 7 heteroatoms. The summed E-state index contributed by atoms with van der Waals surface area (Å²) in [5.41, 5.74) is 5.70. The Morgan fingerprint density at radius 1 is 1.32 bits per heavy atom. The van der Waals surface area contributed by atoms with Crippen LogP contribution in [-0.2, 0) is 19.1 Å². The molecular weight excluding hydrogens is 252 g/mol. The average Bonchev–Trinajstić information content (AvgIpc) is 2.33. The number of nitrogens with one attached hydrogen (secondary N) is 1. The van der Waals surface area contributed by atoms with Gasteiger partial charge in [-0.05, 0) is 12.8 Å². The van der Waals surface area contributed by atoms with Crippen molar-refractivity contribution in [3.05, 3.63) is 0 Å². The standard InChI is InChI=1S/C12H22N2O5/c1-3-4-8(13)7-10(15)14-9(12(17)18)5-6-11(16)19-2/h8-9H,3-7,13H2,1-2H3,(H,14,15)(H,17,18). The lowest BCUT2D eigenvalue weighted by atomic mass is 10.1. The van der Waals surface area contributed by atoms with Gasteiger partial charge in [0.25, 0.3) is 0 Å². The first-order valence-electron chi connectivity index (χ1n) is 6.25. The summed E-state index contributed by atoms with van der Waals surface area (Å²) in [4.78, 5) is 33.5. The zero-order chi connectivity index (χ0) is 14.8. The Morgan fingerprint density at radius 2 is 1.95 bits per heavy atom. The van der Waals surface area contributed by atoms with Gasteiger partial charge >= 0.3 is 11.9 Å². The SMILES string of the molecule is CCCC(N)CC(=O)NC(CCC(=O)OC)C(=O)O. The quantitative estimate of drug-likeness (QED) is 0.510.